The predicted octanol–water partition coefficient (Wildman–Crippen LogP) is 3.42. The van der Waals surface area contributed by atoms with Crippen LogP contribution in [0.3, 0.4) is 0 Å². The Morgan fingerprint density at radius 3 is 2.70 bits per heavy atom. The fraction of sp³-hybridized carbons (Fsp3) is 0.605. The number of carbonyl (C=O) groups excluding carboxylic acids is 4. The maximum atomic E-state index is 12.7. The van der Waals surface area contributed by atoms with E-state index < -0.39 is 11.8 Å². The Morgan fingerprint density at radius 2 is 1.96 bits per heavy atom. The molecule has 3 saturated heterocycles. The summed E-state index contributed by atoms with van der Waals surface area (Å²) in [6, 6.07) is 6.86. The molecule has 5 fully saturated rings. The van der Waals surface area contributed by atoms with Gasteiger partial charge < -0.3 is 30.3 Å². The second-order valence-corrected chi connectivity index (χ2v) is 15.6. The number of anilines is 2. The molecule has 3 aliphatic heterocycles. The van der Waals surface area contributed by atoms with Gasteiger partial charge in [0.2, 0.25) is 11.8 Å². The molecule has 0 radical (unpaired) electrons. The van der Waals surface area contributed by atoms with Crippen molar-refractivity contribution in [3.63, 3.8) is 0 Å². The van der Waals surface area contributed by atoms with Crippen molar-refractivity contribution in [1.82, 2.24) is 35.1 Å². The fourth-order valence-corrected chi connectivity index (χ4v) is 9.31. The van der Waals surface area contributed by atoms with Crippen LogP contribution in [0, 0.1) is 5.92 Å². The molecule has 1 aromatic carbocycles. The SMILES string of the molecule is CCN(C[C@H]1CCC(c2ccc3c(C4CCC(=O)NC4=O)noc3c2)C1)[C@@H]1CCC1Nc1nc(N2CCC[C@@H](N3CCN(C)C3=O)C2)cnc1C(N)=O. The third-order valence-corrected chi connectivity index (χ3v) is 12.4. The summed E-state index contributed by atoms with van der Waals surface area (Å²) in [5.74, 6) is 0.453. The lowest BCUT2D eigenvalue weighted by atomic mass is 9.84. The molecule has 3 aromatic rings. The number of urea groups is 1. The summed E-state index contributed by atoms with van der Waals surface area (Å²) in [5.41, 5.74) is 8.46. The van der Waals surface area contributed by atoms with Gasteiger partial charge in [-0.2, -0.15) is 0 Å². The van der Waals surface area contributed by atoms with E-state index in [-0.39, 0.29) is 35.6 Å². The molecular weight excluding hydrogens is 676 g/mol. The minimum atomic E-state index is -0.607. The largest absolute Gasteiger partial charge is 0.364 e. The Balaban J connectivity index is 0.901. The van der Waals surface area contributed by atoms with Gasteiger partial charge in [-0.25, -0.2) is 14.8 Å². The smallest absolute Gasteiger partial charge is 0.320 e. The van der Waals surface area contributed by atoms with Crippen molar-refractivity contribution in [2.45, 2.75) is 94.7 Å². The molecule has 4 N–H and O–H groups in total. The molecular formula is C38H50N10O5. The van der Waals surface area contributed by atoms with Crippen molar-refractivity contribution in [1.29, 1.82) is 0 Å². The zero-order valence-corrected chi connectivity index (χ0v) is 30.6. The van der Waals surface area contributed by atoms with Crippen molar-refractivity contribution >= 4 is 46.4 Å². The van der Waals surface area contributed by atoms with Crippen LogP contribution in [-0.4, -0.2) is 118 Å². The fourth-order valence-electron chi connectivity index (χ4n) is 9.31. The molecule has 15 heteroatoms. The molecule has 2 aliphatic carbocycles. The van der Waals surface area contributed by atoms with Crippen LogP contribution in [0.25, 0.3) is 11.0 Å². The molecule has 0 spiro atoms. The van der Waals surface area contributed by atoms with Crippen LogP contribution in [0.2, 0.25) is 0 Å². The molecule has 2 aromatic heterocycles. The lowest BCUT2D eigenvalue weighted by molar-refractivity contribution is -0.134. The summed E-state index contributed by atoms with van der Waals surface area (Å²) in [5, 5.41) is 11.1. The molecule has 0 bridgehead atoms. The first kappa shape index (κ1) is 35.3. The number of nitrogens with one attached hydrogen (secondary N) is 2. The zero-order chi connectivity index (χ0) is 36.8. The predicted molar refractivity (Wildman–Crippen MR) is 197 cm³/mol. The maximum Gasteiger partial charge on any atom is 0.320 e. The van der Waals surface area contributed by atoms with Gasteiger partial charge in [-0.3, -0.25) is 24.6 Å². The van der Waals surface area contributed by atoms with Crippen molar-refractivity contribution in [2.75, 3.05) is 56.5 Å². The van der Waals surface area contributed by atoms with Crippen LogP contribution in [0.5, 0.6) is 0 Å². The van der Waals surface area contributed by atoms with E-state index >= 15 is 0 Å². The first-order valence-corrected chi connectivity index (χ1v) is 19.3. The Kier molecular flexibility index (Phi) is 9.68. The average Bonchev–Trinajstić information content (AvgIpc) is 3.88. The number of primary amides is 1. The molecule has 282 valence electrons. The highest BCUT2D eigenvalue weighted by Crippen LogP contribution is 2.42. The third-order valence-electron chi connectivity index (χ3n) is 12.4. The summed E-state index contributed by atoms with van der Waals surface area (Å²) in [4.78, 5) is 67.2. The third kappa shape index (κ3) is 6.91. The Bertz CT molecular complexity index is 1900. The van der Waals surface area contributed by atoms with E-state index in [4.69, 9.17) is 15.2 Å². The summed E-state index contributed by atoms with van der Waals surface area (Å²) in [6.45, 7) is 7.09. The summed E-state index contributed by atoms with van der Waals surface area (Å²) in [6.07, 6.45) is 9.61. The van der Waals surface area contributed by atoms with Crippen molar-refractivity contribution < 1.29 is 23.7 Å². The molecule has 5 amide bonds. The van der Waals surface area contributed by atoms with Crippen molar-refractivity contribution in [2.24, 2.45) is 11.7 Å². The molecule has 53 heavy (non-hydrogen) atoms. The van der Waals surface area contributed by atoms with Gasteiger partial charge in [0.25, 0.3) is 5.91 Å². The van der Waals surface area contributed by atoms with Crippen LogP contribution >= 0.6 is 0 Å². The van der Waals surface area contributed by atoms with E-state index in [1.54, 1.807) is 11.1 Å². The molecule has 5 heterocycles. The van der Waals surface area contributed by atoms with Crippen LogP contribution in [0.1, 0.15) is 98.3 Å². The monoisotopic (exact) mass is 726 g/mol. The van der Waals surface area contributed by atoms with Gasteiger partial charge in [0.15, 0.2) is 17.1 Å². The number of hydrogen-bond acceptors (Lipinski definition) is 11. The Morgan fingerprint density at radius 1 is 1.09 bits per heavy atom. The highest BCUT2D eigenvalue weighted by molar-refractivity contribution is 6.02. The highest BCUT2D eigenvalue weighted by atomic mass is 16.5. The first-order valence-electron chi connectivity index (χ1n) is 19.3. The Labute approximate surface area is 309 Å². The lowest BCUT2D eigenvalue weighted by Crippen LogP contribution is -2.55. The second kappa shape index (κ2) is 14.6. The topological polar surface area (TPSA) is 183 Å². The maximum absolute atomic E-state index is 12.7. The number of nitrogens with two attached hydrogens (primary N) is 1. The number of benzene rings is 1. The van der Waals surface area contributed by atoms with Crippen LogP contribution in [0.4, 0.5) is 16.4 Å². The zero-order valence-electron chi connectivity index (χ0n) is 30.6. The number of hydrogen-bond donors (Lipinski definition) is 3. The molecule has 8 rings (SSSR count). The molecule has 5 aliphatic rings. The van der Waals surface area contributed by atoms with Gasteiger partial charge in [0.1, 0.15) is 11.5 Å². The minimum Gasteiger partial charge on any atom is -0.364 e. The number of amides is 5. The normalized spacial score (nSPS) is 27.8. The van der Waals surface area contributed by atoms with Crippen LogP contribution in [0.15, 0.2) is 28.9 Å². The summed E-state index contributed by atoms with van der Waals surface area (Å²) in [7, 11) is 1.84. The first-order chi connectivity index (χ1) is 25.7. The van der Waals surface area contributed by atoms with E-state index in [9.17, 15) is 19.2 Å². The summed E-state index contributed by atoms with van der Waals surface area (Å²) < 4.78 is 5.71. The molecule has 3 unspecified atom stereocenters. The number of likely N-dealkylation sites (N-methyl/N-ethyl adjacent to an activating group) is 2. The molecule has 2 saturated carbocycles. The van der Waals surface area contributed by atoms with E-state index in [0.29, 0.717) is 60.2 Å². The minimum absolute atomic E-state index is 0.0778. The van der Waals surface area contributed by atoms with Crippen molar-refractivity contribution in [3.05, 3.63) is 41.3 Å². The molecule has 6 atom stereocenters. The van der Waals surface area contributed by atoms with Gasteiger partial charge in [0.05, 0.1) is 18.2 Å². The number of carbonyl (C=O) groups is 4. The van der Waals surface area contributed by atoms with Crippen molar-refractivity contribution in [3.8, 4) is 0 Å². The number of rotatable bonds is 11. The van der Waals surface area contributed by atoms with E-state index in [1.807, 2.05) is 18.0 Å². The second-order valence-electron chi connectivity index (χ2n) is 15.6. The quantitative estimate of drug-likeness (QED) is 0.246. The van der Waals surface area contributed by atoms with Gasteiger partial charge in [-0.05, 0) is 87.4 Å². The lowest BCUT2D eigenvalue weighted by Gasteiger charge is -2.45. The average molecular weight is 727 g/mol. The molecule has 15 nitrogen and oxygen atoms in total. The van der Waals surface area contributed by atoms with E-state index in [0.717, 1.165) is 83.1 Å². The number of fused-ring (bicyclic) bond motifs is 1. The van der Waals surface area contributed by atoms with E-state index in [1.165, 1.54) is 5.56 Å². The number of nitrogens with zero attached hydrogens (tertiary/aromatic N) is 7. The van der Waals surface area contributed by atoms with Crippen LogP contribution in [-0.2, 0) is 9.59 Å². The standard InChI is InChI=1S/C38H50N10O5/c1-3-46(20-22-6-7-23(17-22)24-8-9-26-30(18-24)53-44-33(26)27-10-13-32(49)43-37(27)51)29-12-11-28(29)41-36-34(35(39)50)40-19-31(42-36)47-14-4-5-25(21-47)48-16-15-45(2)38(48)52/h8-9,18-19,22-23,25,27-29H,3-7,10-17,20-21H2,1-2H3,(H2,39,50)(H,41,42)(H,43,49,51)/t22-,23?,25+,27?,28?,29+/m0/s1. The highest BCUT2D eigenvalue weighted by Gasteiger charge is 2.39. The number of piperidine rings is 2. The van der Waals surface area contributed by atoms with Crippen LogP contribution < -0.4 is 21.3 Å². The number of imide groups is 1. The Hall–Kier alpha value is -4.79. The van der Waals surface area contributed by atoms with Gasteiger partial charge in [-0.1, -0.05) is 18.1 Å². The number of aromatic nitrogens is 3. The van der Waals surface area contributed by atoms with Gasteiger partial charge in [0, 0.05) is 63.7 Å². The van der Waals surface area contributed by atoms with Gasteiger partial charge in [-0.15, -0.1) is 0 Å². The summed E-state index contributed by atoms with van der Waals surface area (Å²) >= 11 is 0. The van der Waals surface area contributed by atoms with E-state index in [2.05, 4.69) is 49.6 Å². The van der Waals surface area contributed by atoms with Gasteiger partial charge >= 0.3 is 6.03 Å².